The van der Waals surface area contributed by atoms with Gasteiger partial charge in [0.15, 0.2) is 0 Å². The lowest BCUT2D eigenvalue weighted by molar-refractivity contribution is -0.118. The summed E-state index contributed by atoms with van der Waals surface area (Å²) in [7, 11) is 0. The Kier molecular flexibility index (Phi) is 2.83. The number of carbonyl (C=O) groups is 1. The number of rotatable bonds is 0. The van der Waals surface area contributed by atoms with Gasteiger partial charge in [-0.05, 0) is 6.07 Å². The van der Waals surface area contributed by atoms with Crippen LogP contribution in [0.3, 0.4) is 0 Å². The highest BCUT2D eigenvalue weighted by molar-refractivity contribution is 6.12. The zero-order chi connectivity index (χ0) is 18.0. The Labute approximate surface area is 144 Å². The Bertz CT molecular complexity index is 990. The maximum absolute atomic E-state index is 13.2. The van der Waals surface area contributed by atoms with E-state index >= 15 is 0 Å². The SMILES string of the molecule is CC(C)(C)c1[nH]nc2c1C1(C(=O)Nc3ccccc31)C(C#N)=C(N)O2. The van der Waals surface area contributed by atoms with Crippen LogP contribution in [0.2, 0.25) is 0 Å². The Balaban J connectivity index is 2.17. The Morgan fingerprint density at radius 3 is 2.72 bits per heavy atom. The van der Waals surface area contributed by atoms with E-state index in [1.807, 2.05) is 39.0 Å². The third kappa shape index (κ3) is 1.74. The second-order valence-corrected chi connectivity index (χ2v) is 7.23. The van der Waals surface area contributed by atoms with Gasteiger partial charge in [0.1, 0.15) is 17.1 Å². The summed E-state index contributed by atoms with van der Waals surface area (Å²) >= 11 is 0. The predicted molar refractivity (Wildman–Crippen MR) is 90.6 cm³/mol. The molecule has 4 N–H and O–H groups in total. The first-order chi connectivity index (χ1) is 11.8. The summed E-state index contributed by atoms with van der Waals surface area (Å²) in [6.07, 6.45) is 0. The summed E-state index contributed by atoms with van der Waals surface area (Å²) < 4.78 is 5.57. The molecule has 1 atom stereocenters. The van der Waals surface area contributed by atoms with Crippen LogP contribution in [0.25, 0.3) is 0 Å². The van der Waals surface area contributed by atoms with E-state index in [0.717, 1.165) is 5.69 Å². The third-order valence-corrected chi connectivity index (χ3v) is 4.72. The fourth-order valence-corrected chi connectivity index (χ4v) is 3.65. The quantitative estimate of drug-likeness (QED) is 0.681. The molecule has 1 aromatic carbocycles. The zero-order valence-electron chi connectivity index (χ0n) is 14.1. The smallest absolute Gasteiger partial charge is 0.245 e. The maximum atomic E-state index is 13.2. The number of anilines is 1. The number of benzene rings is 1. The predicted octanol–water partition coefficient (Wildman–Crippen LogP) is 2.03. The van der Waals surface area contributed by atoms with Crippen LogP contribution in [0, 0.1) is 11.3 Å². The van der Waals surface area contributed by atoms with Gasteiger partial charge < -0.3 is 15.8 Å². The van der Waals surface area contributed by atoms with E-state index in [1.165, 1.54) is 0 Å². The highest BCUT2D eigenvalue weighted by atomic mass is 16.5. The Hall–Kier alpha value is -3.27. The molecule has 7 heteroatoms. The first kappa shape index (κ1) is 15.3. The van der Waals surface area contributed by atoms with Gasteiger partial charge in [0.25, 0.3) is 0 Å². The summed E-state index contributed by atoms with van der Waals surface area (Å²) in [6, 6.07) is 9.39. The van der Waals surface area contributed by atoms with Crippen LogP contribution in [-0.4, -0.2) is 16.1 Å². The second kappa shape index (κ2) is 4.63. The molecule has 0 saturated carbocycles. The number of hydrogen-bond acceptors (Lipinski definition) is 5. The molecule has 25 heavy (non-hydrogen) atoms. The lowest BCUT2D eigenvalue weighted by Gasteiger charge is -2.33. The van der Waals surface area contributed by atoms with Crippen LogP contribution in [-0.2, 0) is 15.6 Å². The van der Waals surface area contributed by atoms with Crippen molar-refractivity contribution in [3.63, 3.8) is 0 Å². The molecule has 1 unspecified atom stereocenters. The Morgan fingerprint density at radius 2 is 2.04 bits per heavy atom. The van der Waals surface area contributed by atoms with Gasteiger partial charge in [0, 0.05) is 22.4 Å². The molecule has 0 saturated heterocycles. The molecule has 4 rings (SSSR count). The lowest BCUT2D eigenvalue weighted by Crippen LogP contribution is -2.43. The van der Waals surface area contributed by atoms with Gasteiger partial charge in [0.05, 0.1) is 5.56 Å². The molecule has 2 aliphatic rings. The van der Waals surface area contributed by atoms with E-state index in [4.69, 9.17) is 10.5 Å². The standard InChI is InChI=1S/C18H17N5O2/c1-17(2,3)13-12-15(23-22-13)25-14(20)10(8-19)18(12)9-6-4-5-7-11(9)21-16(18)24/h4-7H,20H2,1-3H3,(H,21,24)(H,22,23). The van der Waals surface area contributed by atoms with E-state index in [-0.39, 0.29) is 28.7 Å². The molecule has 0 bridgehead atoms. The van der Waals surface area contributed by atoms with Crippen molar-refractivity contribution in [1.82, 2.24) is 10.2 Å². The highest BCUT2D eigenvalue weighted by Gasteiger charge is 2.59. The van der Waals surface area contributed by atoms with Gasteiger partial charge in [-0.1, -0.05) is 39.0 Å². The van der Waals surface area contributed by atoms with Crippen LogP contribution in [0.1, 0.15) is 37.6 Å². The average molecular weight is 335 g/mol. The van der Waals surface area contributed by atoms with E-state index in [1.54, 1.807) is 6.07 Å². The first-order valence-corrected chi connectivity index (χ1v) is 7.90. The van der Waals surface area contributed by atoms with Gasteiger partial charge in [-0.3, -0.25) is 9.89 Å². The number of nitrogens with one attached hydrogen (secondary N) is 2. The minimum absolute atomic E-state index is 0.0781. The second-order valence-electron chi connectivity index (χ2n) is 7.23. The summed E-state index contributed by atoms with van der Waals surface area (Å²) in [4.78, 5) is 13.2. The average Bonchev–Trinajstić information content (AvgIpc) is 3.08. The van der Waals surface area contributed by atoms with E-state index < -0.39 is 5.41 Å². The molecule has 0 aliphatic carbocycles. The van der Waals surface area contributed by atoms with Crippen LogP contribution >= 0.6 is 0 Å². The number of fused-ring (bicyclic) bond motifs is 4. The topological polar surface area (TPSA) is 117 Å². The molecule has 7 nitrogen and oxygen atoms in total. The molecule has 0 fully saturated rings. The maximum Gasteiger partial charge on any atom is 0.245 e. The Morgan fingerprint density at radius 1 is 1.32 bits per heavy atom. The van der Waals surface area contributed by atoms with Gasteiger partial charge in [-0.15, -0.1) is 5.10 Å². The normalized spacial score (nSPS) is 21.4. The molecule has 3 heterocycles. The van der Waals surface area contributed by atoms with Crippen molar-refractivity contribution in [2.75, 3.05) is 5.32 Å². The number of ether oxygens (including phenoxy) is 1. The van der Waals surface area contributed by atoms with Crippen molar-refractivity contribution >= 4 is 11.6 Å². The van der Waals surface area contributed by atoms with Crippen LogP contribution in [0.5, 0.6) is 5.88 Å². The monoisotopic (exact) mass is 335 g/mol. The largest absolute Gasteiger partial charge is 0.420 e. The number of nitrogens with two attached hydrogens (primary N) is 1. The number of nitriles is 1. The number of para-hydroxylation sites is 1. The van der Waals surface area contributed by atoms with Crippen LogP contribution < -0.4 is 15.8 Å². The molecule has 126 valence electrons. The summed E-state index contributed by atoms with van der Waals surface area (Å²) in [5.41, 5.74) is 6.98. The van der Waals surface area contributed by atoms with Gasteiger partial charge in [-0.2, -0.15) is 5.26 Å². The summed E-state index contributed by atoms with van der Waals surface area (Å²) in [5, 5.41) is 19.9. The summed E-state index contributed by atoms with van der Waals surface area (Å²) in [6.45, 7) is 6.00. The number of hydrogen-bond donors (Lipinski definition) is 3. The van der Waals surface area contributed by atoms with E-state index in [0.29, 0.717) is 16.8 Å². The van der Waals surface area contributed by atoms with Gasteiger partial charge in [0.2, 0.25) is 17.7 Å². The van der Waals surface area contributed by atoms with Gasteiger partial charge >= 0.3 is 0 Å². The van der Waals surface area contributed by atoms with Crippen molar-refractivity contribution in [2.24, 2.45) is 5.73 Å². The molecule has 2 aromatic rings. The molecule has 1 spiro atoms. The van der Waals surface area contributed by atoms with Crippen molar-refractivity contribution in [3.05, 3.63) is 52.5 Å². The summed E-state index contributed by atoms with van der Waals surface area (Å²) in [5.74, 6) is -0.202. The number of nitrogens with zero attached hydrogens (tertiary/aromatic N) is 2. The van der Waals surface area contributed by atoms with Crippen molar-refractivity contribution < 1.29 is 9.53 Å². The van der Waals surface area contributed by atoms with Crippen molar-refractivity contribution in [3.8, 4) is 11.9 Å². The zero-order valence-corrected chi connectivity index (χ0v) is 14.1. The number of aromatic amines is 1. The molecule has 1 amide bonds. The number of carbonyl (C=O) groups excluding carboxylic acids is 1. The van der Waals surface area contributed by atoms with Crippen LogP contribution in [0.15, 0.2) is 35.7 Å². The fourth-order valence-electron chi connectivity index (χ4n) is 3.65. The molecule has 0 radical (unpaired) electrons. The fraction of sp³-hybridized carbons (Fsp3) is 0.278. The van der Waals surface area contributed by atoms with Crippen LogP contribution in [0.4, 0.5) is 5.69 Å². The molecular formula is C18H17N5O2. The minimum Gasteiger partial charge on any atom is -0.420 e. The molecular weight excluding hydrogens is 318 g/mol. The molecule has 2 aliphatic heterocycles. The number of H-pyrrole nitrogens is 1. The van der Waals surface area contributed by atoms with Gasteiger partial charge in [-0.25, -0.2) is 0 Å². The minimum atomic E-state index is -1.36. The highest BCUT2D eigenvalue weighted by Crippen LogP contribution is 2.54. The third-order valence-electron chi connectivity index (χ3n) is 4.72. The lowest BCUT2D eigenvalue weighted by atomic mass is 9.67. The van der Waals surface area contributed by atoms with Crippen molar-refractivity contribution in [1.29, 1.82) is 5.26 Å². The van der Waals surface area contributed by atoms with E-state index in [9.17, 15) is 10.1 Å². The number of amides is 1. The first-order valence-electron chi connectivity index (χ1n) is 7.90. The molecule has 1 aromatic heterocycles. The van der Waals surface area contributed by atoms with E-state index in [2.05, 4.69) is 21.6 Å². The number of aromatic nitrogens is 2. The van der Waals surface area contributed by atoms with Crippen molar-refractivity contribution in [2.45, 2.75) is 31.6 Å².